The Balaban J connectivity index is 2.44. The molecular formula is C16H19FN2O. The molecule has 0 aliphatic heterocycles. The van der Waals surface area contributed by atoms with E-state index in [1.807, 2.05) is 33.9 Å². The van der Waals surface area contributed by atoms with Crippen LogP contribution in [0.4, 0.5) is 4.39 Å². The zero-order valence-electron chi connectivity index (χ0n) is 12.2. The number of benzene rings is 1. The van der Waals surface area contributed by atoms with Gasteiger partial charge in [0.05, 0.1) is 0 Å². The van der Waals surface area contributed by atoms with E-state index >= 15 is 0 Å². The molecule has 0 saturated carbocycles. The number of aryl methyl sites for hydroxylation is 3. The number of halogens is 1. The molecule has 0 saturated heterocycles. The molecule has 0 atom stereocenters. The van der Waals surface area contributed by atoms with Crippen LogP contribution in [0.5, 0.6) is 11.6 Å². The molecule has 1 N–H and O–H groups in total. The SMILES string of the molecule is CNCc1c(C)cc(C)nc1Oc1cc(C)ccc1F. The van der Waals surface area contributed by atoms with E-state index in [0.29, 0.717) is 12.4 Å². The highest BCUT2D eigenvalue weighted by atomic mass is 19.1. The summed E-state index contributed by atoms with van der Waals surface area (Å²) < 4.78 is 19.5. The molecule has 0 aliphatic rings. The molecular weight excluding hydrogens is 255 g/mol. The van der Waals surface area contributed by atoms with Gasteiger partial charge in [0, 0.05) is 17.8 Å². The van der Waals surface area contributed by atoms with Crippen molar-refractivity contribution >= 4 is 0 Å². The topological polar surface area (TPSA) is 34.2 Å². The summed E-state index contributed by atoms with van der Waals surface area (Å²) in [5.74, 6) is 0.285. The Morgan fingerprint density at radius 2 is 1.95 bits per heavy atom. The fourth-order valence-corrected chi connectivity index (χ4v) is 2.10. The van der Waals surface area contributed by atoms with Gasteiger partial charge in [0.2, 0.25) is 5.88 Å². The quantitative estimate of drug-likeness (QED) is 0.924. The lowest BCUT2D eigenvalue weighted by molar-refractivity contribution is 0.419. The first-order valence-electron chi connectivity index (χ1n) is 6.57. The fraction of sp³-hybridized carbons (Fsp3) is 0.312. The molecule has 3 nitrogen and oxygen atoms in total. The van der Waals surface area contributed by atoms with E-state index in [1.165, 1.54) is 6.07 Å². The fourth-order valence-electron chi connectivity index (χ4n) is 2.10. The van der Waals surface area contributed by atoms with Crippen molar-refractivity contribution in [1.82, 2.24) is 10.3 Å². The van der Waals surface area contributed by atoms with Gasteiger partial charge in [-0.1, -0.05) is 6.07 Å². The minimum absolute atomic E-state index is 0.208. The molecule has 0 bridgehead atoms. The molecule has 0 spiro atoms. The van der Waals surface area contributed by atoms with Crippen molar-refractivity contribution in [2.24, 2.45) is 0 Å². The summed E-state index contributed by atoms with van der Waals surface area (Å²) in [7, 11) is 1.86. The maximum absolute atomic E-state index is 13.8. The molecule has 106 valence electrons. The highest BCUT2D eigenvalue weighted by Crippen LogP contribution is 2.28. The lowest BCUT2D eigenvalue weighted by Gasteiger charge is -2.14. The Labute approximate surface area is 118 Å². The van der Waals surface area contributed by atoms with Crippen LogP contribution in [0.15, 0.2) is 24.3 Å². The second-order valence-corrected chi connectivity index (χ2v) is 4.93. The van der Waals surface area contributed by atoms with Gasteiger partial charge < -0.3 is 10.1 Å². The summed E-state index contributed by atoms with van der Waals surface area (Å²) in [5.41, 5.74) is 3.82. The lowest BCUT2D eigenvalue weighted by Crippen LogP contribution is -2.10. The third kappa shape index (κ3) is 3.14. The van der Waals surface area contributed by atoms with Crippen molar-refractivity contribution in [2.75, 3.05) is 7.05 Å². The van der Waals surface area contributed by atoms with Crippen LogP contribution >= 0.6 is 0 Å². The van der Waals surface area contributed by atoms with E-state index in [-0.39, 0.29) is 11.6 Å². The normalized spacial score (nSPS) is 10.7. The second kappa shape index (κ2) is 6.01. The van der Waals surface area contributed by atoms with Crippen LogP contribution in [0.2, 0.25) is 0 Å². The average molecular weight is 274 g/mol. The summed E-state index contributed by atoms with van der Waals surface area (Å²) in [6.45, 7) is 6.42. The molecule has 1 aromatic carbocycles. The molecule has 0 amide bonds. The molecule has 4 heteroatoms. The first-order chi connectivity index (χ1) is 9.51. The van der Waals surface area contributed by atoms with E-state index in [0.717, 1.165) is 22.4 Å². The lowest BCUT2D eigenvalue weighted by atomic mass is 10.1. The summed E-state index contributed by atoms with van der Waals surface area (Å²) in [6, 6.07) is 6.79. The maximum atomic E-state index is 13.8. The Bertz CT molecular complexity index is 626. The molecule has 1 aromatic heterocycles. The second-order valence-electron chi connectivity index (χ2n) is 4.93. The Hall–Kier alpha value is -1.94. The standard InChI is InChI=1S/C16H19FN2O/c1-10-5-6-14(17)15(7-10)20-16-13(9-18-4)11(2)8-12(3)19-16/h5-8,18H,9H2,1-4H3. The Kier molecular flexibility index (Phi) is 4.35. The number of aromatic nitrogens is 1. The van der Waals surface area contributed by atoms with Gasteiger partial charge in [0.15, 0.2) is 11.6 Å². The van der Waals surface area contributed by atoms with Crippen molar-refractivity contribution in [3.63, 3.8) is 0 Å². The smallest absolute Gasteiger partial charge is 0.224 e. The molecule has 0 fully saturated rings. The van der Waals surface area contributed by atoms with Gasteiger partial charge in [-0.2, -0.15) is 0 Å². The predicted molar refractivity (Wildman–Crippen MR) is 77.7 cm³/mol. The van der Waals surface area contributed by atoms with Gasteiger partial charge in [-0.25, -0.2) is 9.37 Å². The Morgan fingerprint density at radius 3 is 2.65 bits per heavy atom. The van der Waals surface area contributed by atoms with E-state index in [4.69, 9.17) is 4.74 Å². The third-order valence-corrected chi connectivity index (χ3v) is 3.08. The van der Waals surface area contributed by atoms with Crippen LogP contribution in [0.3, 0.4) is 0 Å². The number of nitrogens with one attached hydrogen (secondary N) is 1. The number of nitrogens with zero attached hydrogens (tertiary/aromatic N) is 1. The maximum Gasteiger partial charge on any atom is 0.224 e. The van der Waals surface area contributed by atoms with Crippen LogP contribution in [0.1, 0.15) is 22.4 Å². The average Bonchev–Trinajstić information content (AvgIpc) is 2.38. The molecule has 0 radical (unpaired) electrons. The number of hydrogen-bond acceptors (Lipinski definition) is 3. The van der Waals surface area contributed by atoms with Gasteiger partial charge in [0.25, 0.3) is 0 Å². The molecule has 1 heterocycles. The van der Waals surface area contributed by atoms with Gasteiger partial charge in [-0.15, -0.1) is 0 Å². The highest BCUT2D eigenvalue weighted by Gasteiger charge is 2.13. The van der Waals surface area contributed by atoms with Crippen molar-refractivity contribution in [2.45, 2.75) is 27.3 Å². The Morgan fingerprint density at radius 1 is 1.20 bits per heavy atom. The van der Waals surface area contributed by atoms with Crippen LogP contribution in [0, 0.1) is 26.6 Å². The van der Waals surface area contributed by atoms with Crippen molar-refractivity contribution < 1.29 is 9.13 Å². The predicted octanol–water partition coefficient (Wildman–Crippen LogP) is 3.66. The first kappa shape index (κ1) is 14.5. The third-order valence-electron chi connectivity index (χ3n) is 3.08. The first-order valence-corrected chi connectivity index (χ1v) is 6.57. The monoisotopic (exact) mass is 274 g/mol. The molecule has 0 aliphatic carbocycles. The molecule has 2 aromatic rings. The zero-order chi connectivity index (χ0) is 14.7. The van der Waals surface area contributed by atoms with E-state index < -0.39 is 0 Å². The summed E-state index contributed by atoms with van der Waals surface area (Å²) in [6.07, 6.45) is 0. The van der Waals surface area contributed by atoms with Gasteiger partial charge in [-0.3, -0.25) is 0 Å². The van der Waals surface area contributed by atoms with Crippen LogP contribution in [0.25, 0.3) is 0 Å². The van der Waals surface area contributed by atoms with E-state index in [1.54, 1.807) is 12.1 Å². The molecule has 20 heavy (non-hydrogen) atoms. The summed E-state index contributed by atoms with van der Waals surface area (Å²) in [4.78, 5) is 4.39. The number of hydrogen-bond donors (Lipinski definition) is 1. The van der Waals surface area contributed by atoms with Crippen molar-refractivity contribution in [3.8, 4) is 11.6 Å². The zero-order valence-corrected chi connectivity index (χ0v) is 12.2. The number of rotatable bonds is 4. The van der Waals surface area contributed by atoms with Crippen LogP contribution < -0.4 is 10.1 Å². The van der Waals surface area contributed by atoms with Gasteiger partial charge in [-0.05, 0) is 57.1 Å². The molecule has 2 rings (SSSR count). The van der Waals surface area contributed by atoms with E-state index in [9.17, 15) is 4.39 Å². The summed E-state index contributed by atoms with van der Waals surface area (Å²) in [5, 5.41) is 3.08. The highest BCUT2D eigenvalue weighted by molar-refractivity contribution is 5.40. The van der Waals surface area contributed by atoms with Crippen molar-refractivity contribution in [1.29, 1.82) is 0 Å². The van der Waals surface area contributed by atoms with Crippen LogP contribution in [-0.4, -0.2) is 12.0 Å². The largest absolute Gasteiger partial charge is 0.436 e. The van der Waals surface area contributed by atoms with Gasteiger partial charge in [0.1, 0.15) is 0 Å². The van der Waals surface area contributed by atoms with Crippen molar-refractivity contribution in [3.05, 3.63) is 52.5 Å². The van der Waals surface area contributed by atoms with Gasteiger partial charge >= 0.3 is 0 Å². The minimum Gasteiger partial charge on any atom is -0.436 e. The summed E-state index contributed by atoms with van der Waals surface area (Å²) >= 11 is 0. The number of pyridine rings is 1. The minimum atomic E-state index is -0.382. The number of ether oxygens (including phenoxy) is 1. The van der Waals surface area contributed by atoms with E-state index in [2.05, 4.69) is 10.3 Å². The molecule has 0 unspecified atom stereocenters. The van der Waals surface area contributed by atoms with Crippen LogP contribution in [-0.2, 0) is 6.54 Å².